The normalized spacial score (nSPS) is 21.8. The van der Waals surface area contributed by atoms with E-state index in [-0.39, 0.29) is 0 Å². The maximum absolute atomic E-state index is 3.46. The highest BCUT2D eigenvalue weighted by atomic mass is 15.2. The van der Waals surface area contributed by atoms with Crippen LogP contribution >= 0.6 is 0 Å². The van der Waals surface area contributed by atoms with E-state index >= 15 is 0 Å². The van der Waals surface area contributed by atoms with Crippen LogP contribution in [-0.4, -0.2) is 49.1 Å². The second kappa shape index (κ2) is 5.83. The van der Waals surface area contributed by atoms with E-state index in [1.807, 2.05) is 0 Å². The van der Waals surface area contributed by atoms with Crippen LogP contribution in [0.2, 0.25) is 0 Å². The largest absolute Gasteiger partial charge is 0.315 e. The molecule has 1 N–H and O–H groups in total. The summed E-state index contributed by atoms with van der Waals surface area (Å²) < 4.78 is 0. The SMILES string of the molecule is c1ccc2c(c1)CN(CCN1CCCNCC1)C2. The Morgan fingerprint density at radius 3 is 2.39 bits per heavy atom. The van der Waals surface area contributed by atoms with Crippen molar-refractivity contribution in [3.8, 4) is 0 Å². The van der Waals surface area contributed by atoms with E-state index in [9.17, 15) is 0 Å². The van der Waals surface area contributed by atoms with E-state index < -0.39 is 0 Å². The van der Waals surface area contributed by atoms with E-state index in [4.69, 9.17) is 0 Å². The van der Waals surface area contributed by atoms with Gasteiger partial charge in [-0.1, -0.05) is 24.3 Å². The van der Waals surface area contributed by atoms with Gasteiger partial charge in [0.2, 0.25) is 0 Å². The molecule has 18 heavy (non-hydrogen) atoms. The number of benzene rings is 1. The van der Waals surface area contributed by atoms with Crippen molar-refractivity contribution >= 4 is 0 Å². The second-order valence-electron chi connectivity index (χ2n) is 5.42. The average molecular weight is 245 g/mol. The van der Waals surface area contributed by atoms with Gasteiger partial charge < -0.3 is 10.2 Å². The van der Waals surface area contributed by atoms with Crippen LogP contribution < -0.4 is 5.32 Å². The number of rotatable bonds is 3. The highest BCUT2D eigenvalue weighted by Crippen LogP contribution is 2.21. The predicted octanol–water partition coefficient (Wildman–Crippen LogP) is 1.30. The summed E-state index contributed by atoms with van der Waals surface area (Å²) in [5, 5.41) is 3.46. The van der Waals surface area contributed by atoms with Crippen LogP contribution in [0.5, 0.6) is 0 Å². The highest BCUT2D eigenvalue weighted by molar-refractivity contribution is 5.30. The van der Waals surface area contributed by atoms with Gasteiger partial charge in [-0.25, -0.2) is 0 Å². The molecule has 2 heterocycles. The minimum absolute atomic E-state index is 1.14. The Morgan fingerprint density at radius 2 is 1.61 bits per heavy atom. The number of hydrogen-bond acceptors (Lipinski definition) is 3. The van der Waals surface area contributed by atoms with Crippen molar-refractivity contribution in [2.75, 3.05) is 39.3 Å². The minimum Gasteiger partial charge on any atom is -0.315 e. The maximum atomic E-state index is 3.46. The third-order valence-corrected chi connectivity index (χ3v) is 4.07. The van der Waals surface area contributed by atoms with Crippen LogP contribution in [0.3, 0.4) is 0 Å². The molecule has 2 aliphatic heterocycles. The number of fused-ring (bicyclic) bond motifs is 1. The smallest absolute Gasteiger partial charge is 0.0241 e. The summed E-state index contributed by atoms with van der Waals surface area (Å²) in [5.74, 6) is 0. The standard InChI is InChI=1S/C15H23N3/c1-2-5-15-13-18(12-14(15)4-1)11-10-17-8-3-6-16-7-9-17/h1-2,4-5,16H,3,6-13H2. The summed E-state index contributed by atoms with van der Waals surface area (Å²) in [6.07, 6.45) is 1.29. The van der Waals surface area contributed by atoms with Crippen molar-refractivity contribution in [1.29, 1.82) is 0 Å². The molecule has 1 fully saturated rings. The van der Waals surface area contributed by atoms with Crippen LogP contribution in [0.15, 0.2) is 24.3 Å². The third-order valence-electron chi connectivity index (χ3n) is 4.07. The van der Waals surface area contributed by atoms with Gasteiger partial charge in [0.1, 0.15) is 0 Å². The third kappa shape index (κ3) is 2.91. The van der Waals surface area contributed by atoms with Gasteiger partial charge in [0.25, 0.3) is 0 Å². The molecule has 0 amide bonds. The molecular formula is C15H23N3. The molecule has 0 radical (unpaired) electrons. The van der Waals surface area contributed by atoms with E-state index in [0.717, 1.165) is 19.6 Å². The molecule has 0 aromatic heterocycles. The molecular weight excluding hydrogens is 222 g/mol. The molecule has 3 rings (SSSR count). The van der Waals surface area contributed by atoms with Gasteiger partial charge in [0, 0.05) is 39.3 Å². The monoisotopic (exact) mass is 245 g/mol. The number of hydrogen-bond donors (Lipinski definition) is 1. The maximum Gasteiger partial charge on any atom is 0.0241 e. The van der Waals surface area contributed by atoms with Crippen LogP contribution in [0.1, 0.15) is 17.5 Å². The van der Waals surface area contributed by atoms with Crippen molar-refractivity contribution in [3.63, 3.8) is 0 Å². The van der Waals surface area contributed by atoms with Crippen molar-refractivity contribution in [1.82, 2.24) is 15.1 Å². The van der Waals surface area contributed by atoms with Crippen molar-refractivity contribution in [3.05, 3.63) is 35.4 Å². The second-order valence-corrected chi connectivity index (χ2v) is 5.42. The Morgan fingerprint density at radius 1 is 0.889 bits per heavy atom. The molecule has 0 saturated carbocycles. The quantitative estimate of drug-likeness (QED) is 0.866. The molecule has 0 atom stereocenters. The topological polar surface area (TPSA) is 18.5 Å². The van der Waals surface area contributed by atoms with E-state index in [1.165, 1.54) is 50.3 Å². The zero-order chi connectivity index (χ0) is 12.2. The minimum atomic E-state index is 1.14. The zero-order valence-electron chi connectivity index (χ0n) is 11.1. The summed E-state index contributed by atoms with van der Waals surface area (Å²) in [6.45, 7) is 9.51. The molecule has 0 spiro atoms. The lowest BCUT2D eigenvalue weighted by Crippen LogP contribution is -2.35. The summed E-state index contributed by atoms with van der Waals surface area (Å²) >= 11 is 0. The lowest BCUT2D eigenvalue weighted by Gasteiger charge is -2.23. The Labute approximate surface area is 110 Å². The first-order valence-corrected chi connectivity index (χ1v) is 7.14. The summed E-state index contributed by atoms with van der Waals surface area (Å²) in [4.78, 5) is 5.17. The molecule has 3 heteroatoms. The lowest BCUT2D eigenvalue weighted by atomic mass is 10.1. The molecule has 0 aliphatic carbocycles. The summed E-state index contributed by atoms with van der Waals surface area (Å²) in [6, 6.07) is 8.85. The van der Waals surface area contributed by atoms with Gasteiger partial charge in [-0.05, 0) is 30.6 Å². The van der Waals surface area contributed by atoms with E-state index in [1.54, 1.807) is 0 Å². The molecule has 0 unspecified atom stereocenters. The van der Waals surface area contributed by atoms with Gasteiger partial charge in [-0.3, -0.25) is 4.90 Å². The first-order valence-electron chi connectivity index (χ1n) is 7.14. The first kappa shape index (κ1) is 12.2. The molecule has 1 saturated heterocycles. The number of nitrogens with one attached hydrogen (secondary N) is 1. The summed E-state index contributed by atoms with van der Waals surface area (Å²) in [7, 11) is 0. The van der Waals surface area contributed by atoms with E-state index in [2.05, 4.69) is 39.4 Å². The first-order chi connectivity index (χ1) is 8.92. The predicted molar refractivity (Wildman–Crippen MR) is 74.5 cm³/mol. The Hall–Kier alpha value is -0.900. The zero-order valence-corrected chi connectivity index (χ0v) is 11.1. The van der Waals surface area contributed by atoms with Gasteiger partial charge >= 0.3 is 0 Å². The van der Waals surface area contributed by atoms with Crippen LogP contribution in [0.4, 0.5) is 0 Å². The molecule has 1 aromatic rings. The lowest BCUT2D eigenvalue weighted by molar-refractivity contribution is 0.212. The summed E-state index contributed by atoms with van der Waals surface area (Å²) in [5.41, 5.74) is 3.05. The molecule has 3 nitrogen and oxygen atoms in total. The van der Waals surface area contributed by atoms with Gasteiger partial charge in [-0.15, -0.1) is 0 Å². The van der Waals surface area contributed by atoms with Crippen molar-refractivity contribution in [2.45, 2.75) is 19.5 Å². The van der Waals surface area contributed by atoms with Gasteiger partial charge in [-0.2, -0.15) is 0 Å². The Balaban J connectivity index is 1.47. The Bertz CT molecular complexity index is 358. The highest BCUT2D eigenvalue weighted by Gasteiger charge is 2.18. The van der Waals surface area contributed by atoms with Crippen LogP contribution in [0.25, 0.3) is 0 Å². The van der Waals surface area contributed by atoms with Crippen molar-refractivity contribution in [2.24, 2.45) is 0 Å². The van der Waals surface area contributed by atoms with Crippen LogP contribution in [0, 0.1) is 0 Å². The average Bonchev–Trinajstić information content (AvgIpc) is 2.63. The molecule has 2 aliphatic rings. The fourth-order valence-corrected chi connectivity index (χ4v) is 2.97. The van der Waals surface area contributed by atoms with Crippen molar-refractivity contribution < 1.29 is 0 Å². The van der Waals surface area contributed by atoms with Gasteiger partial charge in [0.05, 0.1) is 0 Å². The van der Waals surface area contributed by atoms with Gasteiger partial charge in [0.15, 0.2) is 0 Å². The molecule has 0 bridgehead atoms. The number of nitrogens with zero attached hydrogens (tertiary/aromatic N) is 2. The van der Waals surface area contributed by atoms with Crippen LogP contribution in [-0.2, 0) is 13.1 Å². The fraction of sp³-hybridized carbons (Fsp3) is 0.600. The van der Waals surface area contributed by atoms with E-state index in [0.29, 0.717) is 0 Å². The fourth-order valence-electron chi connectivity index (χ4n) is 2.97. The Kier molecular flexibility index (Phi) is 3.93. The molecule has 1 aromatic carbocycles. The molecule has 98 valence electrons.